The molecule has 0 fully saturated rings. The summed E-state index contributed by atoms with van der Waals surface area (Å²) < 4.78 is 14.7. The molecular formula is C14H11FN2. The third kappa shape index (κ3) is 1.87. The lowest BCUT2D eigenvalue weighted by Crippen LogP contribution is -2.06. The summed E-state index contributed by atoms with van der Waals surface area (Å²) in [6, 6.07) is 16.4. The van der Waals surface area contributed by atoms with E-state index in [0.717, 1.165) is 11.2 Å². The average molecular weight is 226 g/mol. The summed E-state index contributed by atoms with van der Waals surface area (Å²) in [6.07, 6.45) is 1.95. The molecule has 0 bridgehead atoms. The Morgan fingerprint density at radius 2 is 1.65 bits per heavy atom. The molecule has 0 atom stereocenters. The first-order valence-corrected chi connectivity index (χ1v) is 5.42. The molecule has 0 amide bonds. The Hall–Kier alpha value is -2.29. The predicted octanol–water partition coefficient (Wildman–Crippen LogP) is 3.66. The zero-order valence-electron chi connectivity index (χ0n) is 9.10. The molecule has 1 aromatic heterocycles. The molecule has 0 saturated heterocycles. The van der Waals surface area contributed by atoms with Crippen molar-refractivity contribution in [1.82, 2.24) is 4.68 Å². The van der Waals surface area contributed by atoms with E-state index in [1.807, 2.05) is 35.1 Å². The molecule has 84 valence electrons. The van der Waals surface area contributed by atoms with Crippen LogP contribution in [0.5, 0.6) is 0 Å². The number of anilines is 1. The van der Waals surface area contributed by atoms with Crippen molar-refractivity contribution in [3.8, 4) is 0 Å². The lowest BCUT2D eigenvalue weighted by Gasteiger charge is -2.08. The monoisotopic (exact) mass is 226 g/mol. The summed E-state index contributed by atoms with van der Waals surface area (Å²) in [5, 5.41) is 1.17. The number of nitrogens with zero attached hydrogens (tertiary/aromatic N) is 1. The molecule has 0 unspecified atom stereocenters. The molecule has 1 N–H and O–H groups in total. The maximum Gasteiger partial charge on any atom is 0.123 e. The van der Waals surface area contributed by atoms with Gasteiger partial charge in [-0.1, -0.05) is 18.2 Å². The Kier molecular flexibility index (Phi) is 2.29. The summed E-state index contributed by atoms with van der Waals surface area (Å²) in [7, 11) is 0. The number of fused-ring (bicyclic) bond motifs is 1. The third-order valence-corrected chi connectivity index (χ3v) is 2.69. The second-order valence-corrected chi connectivity index (χ2v) is 3.86. The van der Waals surface area contributed by atoms with Gasteiger partial charge in [-0.05, 0) is 36.4 Å². The lowest BCUT2D eigenvalue weighted by molar-refractivity contribution is 0.628. The van der Waals surface area contributed by atoms with Gasteiger partial charge < -0.3 is 0 Å². The number of aromatic nitrogens is 1. The van der Waals surface area contributed by atoms with Crippen LogP contribution in [0.1, 0.15) is 0 Å². The van der Waals surface area contributed by atoms with E-state index in [0.29, 0.717) is 0 Å². The van der Waals surface area contributed by atoms with Gasteiger partial charge in [0.05, 0.1) is 11.2 Å². The van der Waals surface area contributed by atoms with Crippen molar-refractivity contribution in [3.05, 3.63) is 66.6 Å². The van der Waals surface area contributed by atoms with Crippen LogP contribution in [0.15, 0.2) is 60.8 Å². The van der Waals surface area contributed by atoms with Crippen LogP contribution in [0.25, 0.3) is 10.9 Å². The van der Waals surface area contributed by atoms with Gasteiger partial charge in [0.2, 0.25) is 0 Å². The number of nitrogens with one attached hydrogen (secondary N) is 1. The first-order chi connectivity index (χ1) is 8.33. The lowest BCUT2D eigenvalue weighted by atomic mass is 10.2. The molecule has 0 radical (unpaired) electrons. The topological polar surface area (TPSA) is 17.0 Å². The Labute approximate surface area is 98.3 Å². The summed E-state index contributed by atoms with van der Waals surface area (Å²) in [5.74, 6) is -0.229. The first kappa shape index (κ1) is 9.90. The van der Waals surface area contributed by atoms with E-state index < -0.39 is 0 Å². The van der Waals surface area contributed by atoms with Crippen LogP contribution in [0.4, 0.5) is 10.1 Å². The minimum Gasteiger partial charge on any atom is -0.294 e. The SMILES string of the molecule is Fc1ccc(Nn2ccc3ccccc32)cc1. The Balaban J connectivity index is 1.97. The van der Waals surface area contributed by atoms with E-state index in [2.05, 4.69) is 11.5 Å². The van der Waals surface area contributed by atoms with Crippen LogP contribution in [0, 0.1) is 5.82 Å². The molecule has 0 saturated carbocycles. The van der Waals surface area contributed by atoms with Crippen molar-refractivity contribution in [3.63, 3.8) is 0 Å². The number of hydrogen-bond donors (Lipinski definition) is 1. The van der Waals surface area contributed by atoms with Gasteiger partial charge in [0.15, 0.2) is 0 Å². The number of halogens is 1. The highest BCUT2D eigenvalue weighted by Crippen LogP contribution is 2.16. The largest absolute Gasteiger partial charge is 0.294 e. The van der Waals surface area contributed by atoms with E-state index in [4.69, 9.17) is 0 Å². The van der Waals surface area contributed by atoms with Crippen LogP contribution < -0.4 is 5.43 Å². The van der Waals surface area contributed by atoms with E-state index >= 15 is 0 Å². The zero-order chi connectivity index (χ0) is 11.7. The van der Waals surface area contributed by atoms with Crippen LogP contribution >= 0.6 is 0 Å². The van der Waals surface area contributed by atoms with Crippen molar-refractivity contribution < 1.29 is 4.39 Å². The van der Waals surface area contributed by atoms with E-state index in [1.165, 1.54) is 17.5 Å². The van der Waals surface area contributed by atoms with Crippen molar-refractivity contribution in [1.29, 1.82) is 0 Å². The van der Waals surface area contributed by atoms with Crippen molar-refractivity contribution in [2.45, 2.75) is 0 Å². The Morgan fingerprint density at radius 3 is 2.47 bits per heavy atom. The molecule has 3 rings (SSSR count). The molecule has 3 heteroatoms. The molecule has 0 aliphatic heterocycles. The average Bonchev–Trinajstić information content (AvgIpc) is 2.76. The van der Waals surface area contributed by atoms with Crippen LogP contribution in [0.2, 0.25) is 0 Å². The second-order valence-electron chi connectivity index (χ2n) is 3.86. The number of hydrogen-bond acceptors (Lipinski definition) is 1. The van der Waals surface area contributed by atoms with Gasteiger partial charge in [-0.3, -0.25) is 10.1 Å². The summed E-state index contributed by atoms with van der Waals surface area (Å²) in [5.41, 5.74) is 5.15. The van der Waals surface area contributed by atoms with Crippen LogP contribution in [-0.2, 0) is 0 Å². The molecule has 2 aromatic carbocycles. The van der Waals surface area contributed by atoms with Crippen LogP contribution in [0.3, 0.4) is 0 Å². The molecular weight excluding hydrogens is 215 g/mol. The van der Waals surface area contributed by atoms with Gasteiger partial charge in [0.25, 0.3) is 0 Å². The second kappa shape index (κ2) is 3.94. The maximum atomic E-state index is 12.8. The molecule has 0 aliphatic rings. The Bertz CT molecular complexity index is 641. The highest BCUT2D eigenvalue weighted by atomic mass is 19.1. The molecule has 2 nitrogen and oxygen atoms in total. The summed E-state index contributed by atoms with van der Waals surface area (Å²) in [4.78, 5) is 0. The van der Waals surface area contributed by atoms with Crippen LogP contribution in [-0.4, -0.2) is 4.68 Å². The number of benzene rings is 2. The molecule has 0 spiro atoms. The van der Waals surface area contributed by atoms with Gasteiger partial charge in [0.1, 0.15) is 5.82 Å². The van der Waals surface area contributed by atoms with Gasteiger partial charge >= 0.3 is 0 Å². The standard InChI is InChI=1S/C14H11FN2/c15-12-5-7-13(8-6-12)16-17-10-9-11-3-1-2-4-14(11)17/h1-10,16H. The van der Waals surface area contributed by atoms with E-state index in [9.17, 15) is 4.39 Å². The van der Waals surface area contributed by atoms with Crippen molar-refractivity contribution in [2.24, 2.45) is 0 Å². The fourth-order valence-electron chi connectivity index (χ4n) is 1.84. The highest BCUT2D eigenvalue weighted by molar-refractivity contribution is 5.80. The number of para-hydroxylation sites is 1. The highest BCUT2D eigenvalue weighted by Gasteiger charge is 1.99. The fraction of sp³-hybridized carbons (Fsp3) is 0. The zero-order valence-corrected chi connectivity index (χ0v) is 9.10. The third-order valence-electron chi connectivity index (χ3n) is 2.69. The smallest absolute Gasteiger partial charge is 0.123 e. The molecule has 1 heterocycles. The van der Waals surface area contributed by atoms with Gasteiger partial charge in [0, 0.05) is 11.6 Å². The molecule has 0 aliphatic carbocycles. The Morgan fingerprint density at radius 1 is 0.882 bits per heavy atom. The minimum atomic E-state index is -0.229. The van der Waals surface area contributed by atoms with Gasteiger partial charge in [-0.25, -0.2) is 4.39 Å². The maximum absolute atomic E-state index is 12.8. The van der Waals surface area contributed by atoms with Crippen molar-refractivity contribution in [2.75, 3.05) is 5.43 Å². The minimum absolute atomic E-state index is 0.229. The summed E-state index contributed by atoms with van der Waals surface area (Å²) >= 11 is 0. The predicted molar refractivity (Wildman–Crippen MR) is 67.4 cm³/mol. The quantitative estimate of drug-likeness (QED) is 0.705. The van der Waals surface area contributed by atoms with Gasteiger partial charge in [-0.2, -0.15) is 0 Å². The van der Waals surface area contributed by atoms with Gasteiger partial charge in [-0.15, -0.1) is 0 Å². The first-order valence-electron chi connectivity index (χ1n) is 5.42. The summed E-state index contributed by atoms with van der Waals surface area (Å²) in [6.45, 7) is 0. The fourth-order valence-corrected chi connectivity index (χ4v) is 1.84. The van der Waals surface area contributed by atoms with Crippen molar-refractivity contribution >= 4 is 16.6 Å². The number of rotatable bonds is 2. The van der Waals surface area contributed by atoms with E-state index in [1.54, 1.807) is 12.1 Å². The molecule has 3 aromatic rings. The van der Waals surface area contributed by atoms with E-state index in [-0.39, 0.29) is 5.82 Å². The molecule has 17 heavy (non-hydrogen) atoms. The normalized spacial score (nSPS) is 10.6.